The predicted octanol–water partition coefficient (Wildman–Crippen LogP) is 1.48. The highest BCUT2D eigenvalue weighted by atomic mass is 32.2. The molecule has 2 saturated heterocycles. The van der Waals surface area contributed by atoms with Gasteiger partial charge in [0.15, 0.2) is 9.84 Å². The van der Waals surface area contributed by atoms with Crippen molar-refractivity contribution in [2.75, 3.05) is 11.1 Å². The lowest BCUT2D eigenvalue weighted by molar-refractivity contribution is -0.116. The maximum atomic E-state index is 13.1. The van der Waals surface area contributed by atoms with Crippen molar-refractivity contribution in [2.24, 2.45) is 0 Å². The van der Waals surface area contributed by atoms with Crippen LogP contribution < -0.4 is 16.0 Å². The molecule has 0 bridgehead atoms. The smallest absolute Gasteiger partial charge is 0.315 e. The van der Waals surface area contributed by atoms with Crippen molar-refractivity contribution in [1.29, 1.82) is 0 Å². The molecule has 0 aromatic heterocycles. The molecule has 1 aromatic carbocycles. The van der Waals surface area contributed by atoms with E-state index in [2.05, 4.69) is 16.0 Å². The molecule has 3 amide bonds. The number of anilines is 1. The molecule has 9 heteroatoms. The molecule has 3 rings (SSSR count). The molecule has 0 radical (unpaired) electrons. The highest BCUT2D eigenvalue weighted by Crippen LogP contribution is 2.28. The van der Waals surface area contributed by atoms with Crippen LogP contribution >= 0.6 is 0 Å². The molecule has 3 atom stereocenters. The van der Waals surface area contributed by atoms with Crippen LogP contribution in [0.1, 0.15) is 31.2 Å². The second kappa shape index (κ2) is 7.22. The molecule has 2 fully saturated rings. The van der Waals surface area contributed by atoms with Crippen molar-refractivity contribution in [3.8, 4) is 0 Å². The van der Waals surface area contributed by atoms with Crippen LogP contribution in [0.3, 0.4) is 0 Å². The number of sulfone groups is 1. The molecule has 2 heterocycles. The maximum absolute atomic E-state index is 13.1. The lowest BCUT2D eigenvalue weighted by Crippen LogP contribution is -2.39. The molecule has 0 aliphatic carbocycles. The molecule has 0 unspecified atom stereocenters. The van der Waals surface area contributed by atoms with Crippen LogP contribution in [0.15, 0.2) is 18.2 Å². The number of amides is 3. The van der Waals surface area contributed by atoms with Gasteiger partial charge in [-0.15, -0.1) is 0 Å². The standard InChI is InChI=1S/C17H22FN3O4S/c1-10-8-11(18)6-7-12(10)19-15(22)5-3-2-4-14-16-13(9-26(14,24)25)20-17(23)21-16/h6-8,13-14,16H,2-5,9H2,1H3,(H,19,22)(H2,20,21,23)/t13-,14+,16-/m0/s1. The van der Waals surface area contributed by atoms with E-state index in [0.717, 1.165) is 0 Å². The summed E-state index contributed by atoms with van der Waals surface area (Å²) < 4.78 is 37.5. The minimum Gasteiger partial charge on any atom is -0.332 e. The number of hydrogen-bond donors (Lipinski definition) is 3. The van der Waals surface area contributed by atoms with Gasteiger partial charge in [-0.2, -0.15) is 0 Å². The fourth-order valence-corrected chi connectivity index (χ4v) is 5.89. The molecule has 142 valence electrons. The first-order chi connectivity index (χ1) is 12.3. The summed E-state index contributed by atoms with van der Waals surface area (Å²) in [7, 11) is -3.24. The lowest BCUT2D eigenvalue weighted by Gasteiger charge is -2.16. The lowest BCUT2D eigenvalue weighted by atomic mass is 10.0. The number of rotatable bonds is 6. The van der Waals surface area contributed by atoms with Crippen LogP contribution in [0.5, 0.6) is 0 Å². The second-order valence-electron chi connectivity index (χ2n) is 6.87. The first kappa shape index (κ1) is 18.6. The Labute approximate surface area is 151 Å². The third-order valence-electron chi connectivity index (χ3n) is 4.93. The van der Waals surface area contributed by atoms with E-state index in [-0.39, 0.29) is 42.0 Å². The number of carbonyl (C=O) groups excluding carboxylic acids is 2. The number of halogens is 1. The Morgan fingerprint density at radius 3 is 2.81 bits per heavy atom. The molecule has 2 aliphatic heterocycles. The molecule has 3 N–H and O–H groups in total. The average molecular weight is 383 g/mol. The summed E-state index contributed by atoms with van der Waals surface area (Å²) in [4.78, 5) is 23.4. The van der Waals surface area contributed by atoms with Gasteiger partial charge < -0.3 is 16.0 Å². The van der Waals surface area contributed by atoms with E-state index < -0.39 is 15.1 Å². The van der Waals surface area contributed by atoms with Crippen molar-refractivity contribution in [2.45, 2.75) is 49.9 Å². The van der Waals surface area contributed by atoms with Crippen LogP contribution in [-0.2, 0) is 14.6 Å². The number of hydrogen-bond acceptors (Lipinski definition) is 4. The summed E-state index contributed by atoms with van der Waals surface area (Å²) in [6.07, 6.45) is 1.77. The second-order valence-corrected chi connectivity index (χ2v) is 9.14. The summed E-state index contributed by atoms with van der Waals surface area (Å²) in [5, 5.41) is 7.43. The number of benzene rings is 1. The van der Waals surface area contributed by atoms with Gasteiger partial charge in [-0.05, 0) is 43.5 Å². The van der Waals surface area contributed by atoms with Crippen molar-refractivity contribution in [3.05, 3.63) is 29.6 Å². The van der Waals surface area contributed by atoms with Gasteiger partial charge in [-0.1, -0.05) is 6.42 Å². The summed E-state index contributed by atoms with van der Waals surface area (Å²) in [6.45, 7) is 1.71. The normalized spacial score (nSPS) is 26.1. The van der Waals surface area contributed by atoms with E-state index in [1.165, 1.54) is 18.2 Å². The van der Waals surface area contributed by atoms with Gasteiger partial charge in [0.25, 0.3) is 0 Å². The first-order valence-electron chi connectivity index (χ1n) is 8.61. The summed E-state index contributed by atoms with van der Waals surface area (Å²) in [5.74, 6) is -0.585. The van der Waals surface area contributed by atoms with Gasteiger partial charge in [0.05, 0.1) is 23.1 Å². The third kappa shape index (κ3) is 3.98. The number of fused-ring (bicyclic) bond motifs is 1. The minimum atomic E-state index is -3.24. The molecule has 0 saturated carbocycles. The Morgan fingerprint density at radius 2 is 2.08 bits per heavy atom. The number of unbranched alkanes of at least 4 members (excludes halogenated alkanes) is 1. The fourth-order valence-electron chi connectivity index (χ4n) is 3.62. The van der Waals surface area contributed by atoms with Crippen LogP contribution in [0.25, 0.3) is 0 Å². The molecule has 26 heavy (non-hydrogen) atoms. The number of urea groups is 1. The molecule has 1 aromatic rings. The van der Waals surface area contributed by atoms with Crippen molar-refractivity contribution in [1.82, 2.24) is 10.6 Å². The number of nitrogens with one attached hydrogen (secondary N) is 3. The quantitative estimate of drug-likeness (QED) is 0.511. The minimum absolute atomic E-state index is 0.0363. The maximum Gasteiger partial charge on any atom is 0.315 e. The zero-order valence-electron chi connectivity index (χ0n) is 14.4. The van der Waals surface area contributed by atoms with Gasteiger partial charge in [0.2, 0.25) is 5.91 Å². The van der Waals surface area contributed by atoms with Crippen LogP contribution in [0.2, 0.25) is 0 Å². The van der Waals surface area contributed by atoms with E-state index in [9.17, 15) is 22.4 Å². The van der Waals surface area contributed by atoms with Crippen molar-refractivity contribution >= 4 is 27.5 Å². The molecule has 0 spiro atoms. The molecular weight excluding hydrogens is 361 g/mol. The highest BCUT2D eigenvalue weighted by Gasteiger charge is 2.51. The summed E-state index contributed by atoms with van der Waals surface area (Å²) >= 11 is 0. The summed E-state index contributed by atoms with van der Waals surface area (Å²) in [6, 6.07) is 3.08. The van der Waals surface area contributed by atoms with Crippen molar-refractivity contribution < 1.29 is 22.4 Å². The number of carbonyl (C=O) groups is 2. The largest absolute Gasteiger partial charge is 0.332 e. The molecule has 2 aliphatic rings. The van der Waals surface area contributed by atoms with E-state index in [1.807, 2.05) is 0 Å². The topological polar surface area (TPSA) is 104 Å². The van der Waals surface area contributed by atoms with Gasteiger partial charge in [0, 0.05) is 12.1 Å². The van der Waals surface area contributed by atoms with Gasteiger partial charge in [0.1, 0.15) is 5.82 Å². The summed E-state index contributed by atoms with van der Waals surface area (Å²) in [5.41, 5.74) is 1.21. The SMILES string of the molecule is Cc1cc(F)ccc1NC(=O)CCCC[C@@H]1[C@H]2NC(=O)N[C@H]2CS1(=O)=O. The van der Waals surface area contributed by atoms with Crippen molar-refractivity contribution in [3.63, 3.8) is 0 Å². The molecule has 7 nitrogen and oxygen atoms in total. The predicted molar refractivity (Wildman–Crippen MR) is 95.1 cm³/mol. The number of aryl methyl sites for hydroxylation is 1. The first-order valence-corrected chi connectivity index (χ1v) is 10.3. The van der Waals surface area contributed by atoms with Crippen LogP contribution in [-0.4, -0.2) is 43.4 Å². The van der Waals surface area contributed by atoms with Gasteiger partial charge in [-0.25, -0.2) is 17.6 Å². The van der Waals surface area contributed by atoms with E-state index >= 15 is 0 Å². The zero-order chi connectivity index (χ0) is 18.9. The van der Waals surface area contributed by atoms with E-state index in [0.29, 0.717) is 30.5 Å². The Bertz CT molecular complexity index is 827. The fraction of sp³-hybridized carbons (Fsp3) is 0.529. The monoisotopic (exact) mass is 383 g/mol. The van der Waals surface area contributed by atoms with Gasteiger partial charge in [-0.3, -0.25) is 4.79 Å². The van der Waals surface area contributed by atoms with Crippen LogP contribution in [0, 0.1) is 12.7 Å². The molecular formula is C17H22FN3O4S. The average Bonchev–Trinajstić information content (AvgIpc) is 2.99. The van der Waals surface area contributed by atoms with Crippen LogP contribution in [0.4, 0.5) is 14.9 Å². The Hall–Kier alpha value is -2.16. The Morgan fingerprint density at radius 1 is 1.31 bits per heavy atom. The van der Waals surface area contributed by atoms with Gasteiger partial charge >= 0.3 is 6.03 Å². The van der Waals surface area contributed by atoms with E-state index in [1.54, 1.807) is 6.92 Å². The Kier molecular flexibility index (Phi) is 5.17. The highest BCUT2D eigenvalue weighted by molar-refractivity contribution is 7.92. The zero-order valence-corrected chi connectivity index (χ0v) is 15.2. The third-order valence-corrected chi connectivity index (χ3v) is 7.20. The Balaban J connectivity index is 1.46. The van der Waals surface area contributed by atoms with E-state index in [4.69, 9.17) is 0 Å².